The second-order valence-corrected chi connectivity index (χ2v) is 5.46. The van der Waals surface area contributed by atoms with Gasteiger partial charge in [-0.3, -0.25) is 9.78 Å². The largest absolute Gasteiger partial charge is 0.336 e. The highest BCUT2D eigenvalue weighted by Crippen LogP contribution is 2.12. The molecule has 0 aliphatic heterocycles. The summed E-state index contributed by atoms with van der Waals surface area (Å²) >= 11 is 3.39. The van der Waals surface area contributed by atoms with Crippen molar-refractivity contribution in [3.63, 3.8) is 0 Å². The molecule has 0 atom stereocenters. The summed E-state index contributed by atoms with van der Waals surface area (Å²) in [6.07, 6.45) is 1.64. The number of hydrogen-bond donors (Lipinski definition) is 1. The van der Waals surface area contributed by atoms with Gasteiger partial charge in [0.2, 0.25) is 0 Å². The number of nitrogens with two attached hydrogens (primary N) is 1. The molecular formula is C15H16BrN3O. The van der Waals surface area contributed by atoms with E-state index in [2.05, 4.69) is 20.9 Å². The summed E-state index contributed by atoms with van der Waals surface area (Å²) in [5, 5.41) is 0. The van der Waals surface area contributed by atoms with Crippen molar-refractivity contribution in [3.05, 3.63) is 63.9 Å². The molecule has 0 spiro atoms. The van der Waals surface area contributed by atoms with Gasteiger partial charge in [0.15, 0.2) is 0 Å². The molecule has 2 aromatic rings. The summed E-state index contributed by atoms with van der Waals surface area (Å²) in [6.45, 7) is 0.975. The summed E-state index contributed by atoms with van der Waals surface area (Å²) in [7, 11) is 1.77. The summed E-state index contributed by atoms with van der Waals surface area (Å²) < 4.78 is 1.02. The maximum Gasteiger partial charge on any atom is 0.272 e. The number of carbonyl (C=O) groups excluding carboxylic acids is 1. The smallest absolute Gasteiger partial charge is 0.272 e. The third-order valence-electron chi connectivity index (χ3n) is 2.96. The molecule has 4 nitrogen and oxygen atoms in total. The van der Waals surface area contributed by atoms with Gasteiger partial charge in [-0.15, -0.1) is 0 Å². The van der Waals surface area contributed by atoms with Gasteiger partial charge < -0.3 is 10.6 Å². The van der Waals surface area contributed by atoms with Crippen molar-refractivity contribution < 1.29 is 4.79 Å². The van der Waals surface area contributed by atoms with E-state index in [0.717, 1.165) is 15.6 Å². The minimum Gasteiger partial charge on any atom is -0.336 e. The van der Waals surface area contributed by atoms with Crippen LogP contribution in [0.3, 0.4) is 0 Å². The Labute approximate surface area is 126 Å². The highest BCUT2D eigenvalue weighted by molar-refractivity contribution is 9.10. The summed E-state index contributed by atoms with van der Waals surface area (Å²) in [4.78, 5) is 18.0. The molecule has 0 fully saturated rings. The van der Waals surface area contributed by atoms with Crippen molar-refractivity contribution in [1.82, 2.24) is 9.88 Å². The number of pyridine rings is 1. The zero-order chi connectivity index (χ0) is 14.5. The third-order valence-corrected chi connectivity index (χ3v) is 3.49. The Kier molecular flexibility index (Phi) is 4.87. The van der Waals surface area contributed by atoms with Crippen LogP contribution < -0.4 is 5.73 Å². The number of hydrogen-bond acceptors (Lipinski definition) is 3. The van der Waals surface area contributed by atoms with E-state index < -0.39 is 0 Å². The maximum absolute atomic E-state index is 12.2. The molecule has 0 unspecified atom stereocenters. The number of amides is 1. The lowest BCUT2D eigenvalue weighted by Crippen LogP contribution is -2.27. The van der Waals surface area contributed by atoms with Crippen LogP contribution in [0.2, 0.25) is 0 Å². The Morgan fingerprint density at radius 3 is 2.40 bits per heavy atom. The Hall–Kier alpha value is -1.72. The predicted octanol–water partition coefficient (Wildman–Crippen LogP) is 2.58. The van der Waals surface area contributed by atoms with Crippen LogP contribution in [0.1, 0.15) is 21.6 Å². The number of rotatable bonds is 4. The Morgan fingerprint density at radius 2 is 1.85 bits per heavy atom. The third kappa shape index (κ3) is 3.65. The SMILES string of the molecule is CN(Cc1ccc(Br)cc1)C(=O)c1ccc(CN)cn1. The topological polar surface area (TPSA) is 59.2 Å². The average molecular weight is 334 g/mol. The lowest BCUT2D eigenvalue weighted by atomic mass is 10.2. The van der Waals surface area contributed by atoms with Gasteiger partial charge in [0, 0.05) is 30.8 Å². The minimum absolute atomic E-state index is 0.100. The van der Waals surface area contributed by atoms with Gasteiger partial charge in [-0.25, -0.2) is 0 Å². The van der Waals surface area contributed by atoms with Crippen LogP contribution in [-0.2, 0) is 13.1 Å². The standard InChI is InChI=1S/C15H16BrN3O/c1-19(10-11-2-5-13(16)6-3-11)15(20)14-7-4-12(8-17)9-18-14/h2-7,9H,8,10,17H2,1H3. The van der Waals surface area contributed by atoms with Crippen LogP contribution in [0.5, 0.6) is 0 Å². The van der Waals surface area contributed by atoms with Crippen molar-refractivity contribution in [1.29, 1.82) is 0 Å². The summed E-state index contributed by atoms with van der Waals surface area (Å²) in [5.41, 5.74) is 7.93. The molecule has 0 aliphatic carbocycles. The number of nitrogens with zero attached hydrogens (tertiary/aromatic N) is 2. The van der Waals surface area contributed by atoms with E-state index in [1.54, 1.807) is 24.2 Å². The summed E-state index contributed by atoms with van der Waals surface area (Å²) in [6, 6.07) is 11.4. The number of benzene rings is 1. The van der Waals surface area contributed by atoms with E-state index in [-0.39, 0.29) is 5.91 Å². The van der Waals surface area contributed by atoms with E-state index >= 15 is 0 Å². The lowest BCUT2D eigenvalue weighted by Gasteiger charge is -2.17. The molecule has 1 heterocycles. The van der Waals surface area contributed by atoms with Gasteiger partial charge in [0.1, 0.15) is 5.69 Å². The highest BCUT2D eigenvalue weighted by Gasteiger charge is 2.13. The molecule has 104 valence electrons. The first-order chi connectivity index (χ1) is 9.60. The summed E-state index contributed by atoms with van der Waals surface area (Å²) in [5.74, 6) is -0.100. The molecule has 2 rings (SSSR count). The van der Waals surface area contributed by atoms with Crippen molar-refractivity contribution in [2.75, 3.05) is 7.05 Å². The average Bonchev–Trinajstić information content (AvgIpc) is 2.49. The number of halogens is 1. The van der Waals surface area contributed by atoms with E-state index in [1.807, 2.05) is 30.3 Å². The van der Waals surface area contributed by atoms with Crippen molar-refractivity contribution in [2.24, 2.45) is 5.73 Å². The Morgan fingerprint density at radius 1 is 1.20 bits per heavy atom. The van der Waals surface area contributed by atoms with Crippen LogP contribution >= 0.6 is 15.9 Å². The van der Waals surface area contributed by atoms with Crippen molar-refractivity contribution in [3.8, 4) is 0 Å². The van der Waals surface area contributed by atoms with Gasteiger partial charge in [0.05, 0.1) is 0 Å². The number of carbonyl (C=O) groups is 1. The molecule has 0 aliphatic rings. The quantitative estimate of drug-likeness (QED) is 0.935. The first kappa shape index (κ1) is 14.7. The molecule has 2 N–H and O–H groups in total. The fourth-order valence-electron chi connectivity index (χ4n) is 1.80. The molecule has 0 bridgehead atoms. The van der Waals surface area contributed by atoms with Gasteiger partial charge in [-0.1, -0.05) is 34.1 Å². The van der Waals surface area contributed by atoms with Crippen LogP contribution in [-0.4, -0.2) is 22.8 Å². The first-order valence-electron chi connectivity index (χ1n) is 6.25. The predicted molar refractivity (Wildman–Crippen MR) is 82.1 cm³/mol. The van der Waals surface area contributed by atoms with Crippen LogP contribution in [0, 0.1) is 0 Å². The second-order valence-electron chi connectivity index (χ2n) is 4.54. The Balaban J connectivity index is 2.05. The van der Waals surface area contributed by atoms with E-state index in [9.17, 15) is 4.79 Å². The first-order valence-corrected chi connectivity index (χ1v) is 7.04. The lowest BCUT2D eigenvalue weighted by molar-refractivity contribution is 0.0779. The molecule has 20 heavy (non-hydrogen) atoms. The van der Waals surface area contributed by atoms with Gasteiger partial charge in [0.25, 0.3) is 5.91 Å². The Bertz CT molecular complexity index is 581. The van der Waals surface area contributed by atoms with Gasteiger partial charge in [-0.2, -0.15) is 0 Å². The zero-order valence-electron chi connectivity index (χ0n) is 11.2. The molecular weight excluding hydrogens is 318 g/mol. The van der Waals surface area contributed by atoms with Crippen molar-refractivity contribution in [2.45, 2.75) is 13.1 Å². The van der Waals surface area contributed by atoms with E-state index in [4.69, 9.17) is 5.73 Å². The highest BCUT2D eigenvalue weighted by atomic mass is 79.9. The molecule has 0 saturated heterocycles. The van der Waals surface area contributed by atoms with Crippen molar-refractivity contribution >= 4 is 21.8 Å². The van der Waals surface area contributed by atoms with Crippen LogP contribution in [0.4, 0.5) is 0 Å². The van der Waals surface area contributed by atoms with E-state index in [1.165, 1.54) is 0 Å². The normalized spacial score (nSPS) is 10.3. The molecule has 5 heteroatoms. The zero-order valence-corrected chi connectivity index (χ0v) is 12.8. The molecule has 0 saturated carbocycles. The van der Waals surface area contributed by atoms with Crippen LogP contribution in [0.25, 0.3) is 0 Å². The van der Waals surface area contributed by atoms with Gasteiger partial charge in [-0.05, 0) is 29.3 Å². The molecule has 1 amide bonds. The van der Waals surface area contributed by atoms with Crippen LogP contribution in [0.15, 0.2) is 47.1 Å². The molecule has 0 radical (unpaired) electrons. The monoisotopic (exact) mass is 333 g/mol. The molecule has 1 aromatic heterocycles. The molecule has 1 aromatic carbocycles. The van der Waals surface area contributed by atoms with Gasteiger partial charge >= 0.3 is 0 Å². The fraction of sp³-hybridized carbons (Fsp3) is 0.200. The maximum atomic E-state index is 12.2. The number of aromatic nitrogens is 1. The second kappa shape index (κ2) is 6.63. The van der Waals surface area contributed by atoms with E-state index in [0.29, 0.717) is 18.8 Å². The fourth-order valence-corrected chi connectivity index (χ4v) is 2.07. The minimum atomic E-state index is -0.100.